The van der Waals surface area contributed by atoms with Crippen LogP contribution in [0.5, 0.6) is 0 Å². The zero-order valence-corrected chi connectivity index (χ0v) is 11.9. The Morgan fingerprint density at radius 1 is 1.35 bits per heavy atom. The molecule has 0 spiro atoms. The minimum absolute atomic E-state index is 0.246. The van der Waals surface area contributed by atoms with E-state index in [2.05, 4.69) is 52.5 Å². The predicted molar refractivity (Wildman–Crippen MR) is 77.0 cm³/mol. The number of aliphatic hydroxyl groups excluding tert-OH is 1. The van der Waals surface area contributed by atoms with Crippen LogP contribution < -0.4 is 0 Å². The summed E-state index contributed by atoms with van der Waals surface area (Å²) in [6, 6.07) is 0. The van der Waals surface area contributed by atoms with Gasteiger partial charge < -0.3 is 5.11 Å². The summed E-state index contributed by atoms with van der Waals surface area (Å²) in [5.41, 5.74) is 2.62. The van der Waals surface area contributed by atoms with E-state index in [1.165, 1.54) is 11.1 Å². The third kappa shape index (κ3) is 7.98. The summed E-state index contributed by atoms with van der Waals surface area (Å²) in [6.07, 6.45) is 9.78. The molecule has 0 amide bonds. The highest BCUT2D eigenvalue weighted by Gasteiger charge is 2.06. The zero-order valence-electron chi connectivity index (χ0n) is 11.9. The molecule has 1 nitrogen and oxygen atoms in total. The van der Waals surface area contributed by atoms with Crippen LogP contribution in [-0.4, -0.2) is 11.7 Å². The quantitative estimate of drug-likeness (QED) is 0.486. The molecule has 2 atom stereocenters. The van der Waals surface area contributed by atoms with E-state index < -0.39 is 0 Å². The van der Waals surface area contributed by atoms with Crippen LogP contribution in [0.4, 0.5) is 0 Å². The van der Waals surface area contributed by atoms with Crippen LogP contribution >= 0.6 is 0 Å². The normalized spacial score (nSPS) is 16.2. The highest BCUT2D eigenvalue weighted by Crippen LogP contribution is 2.14. The van der Waals surface area contributed by atoms with Crippen molar-refractivity contribution in [1.82, 2.24) is 0 Å². The van der Waals surface area contributed by atoms with Crippen molar-refractivity contribution in [2.45, 2.75) is 47.0 Å². The van der Waals surface area contributed by atoms with Crippen LogP contribution in [0.3, 0.4) is 0 Å². The van der Waals surface area contributed by atoms with Gasteiger partial charge in [0.05, 0.1) is 0 Å². The lowest BCUT2D eigenvalue weighted by Crippen LogP contribution is -2.09. The monoisotopic (exact) mass is 236 g/mol. The second-order valence-corrected chi connectivity index (χ2v) is 4.98. The van der Waals surface area contributed by atoms with Crippen LogP contribution in [0.15, 0.2) is 36.0 Å². The van der Waals surface area contributed by atoms with Crippen LogP contribution in [-0.2, 0) is 0 Å². The highest BCUT2D eigenvalue weighted by molar-refractivity contribution is 5.16. The topological polar surface area (TPSA) is 20.2 Å². The number of hydrogen-bond donors (Lipinski definition) is 1. The summed E-state index contributed by atoms with van der Waals surface area (Å²) < 4.78 is 0. The molecular formula is C16H28O. The minimum atomic E-state index is 0.246. The lowest BCUT2D eigenvalue weighted by atomic mass is 9.95. The number of allylic oxidation sites excluding steroid dienone is 5. The molecule has 0 aliphatic heterocycles. The smallest absolute Gasteiger partial charge is 0.0462 e. The molecule has 0 saturated heterocycles. The van der Waals surface area contributed by atoms with Gasteiger partial charge in [-0.05, 0) is 38.0 Å². The summed E-state index contributed by atoms with van der Waals surface area (Å²) in [5, 5.41) is 9.04. The predicted octanol–water partition coefficient (Wildman–Crippen LogP) is 4.50. The average molecular weight is 236 g/mol. The van der Waals surface area contributed by atoms with Crippen molar-refractivity contribution >= 4 is 0 Å². The van der Waals surface area contributed by atoms with Gasteiger partial charge in [0.25, 0.3) is 0 Å². The van der Waals surface area contributed by atoms with Crippen molar-refractivity contribution in [1.29, 1.82) is 0 Å². The molecule has 98 valence electrons. The molecule has 0 rings (SSSR count). The summed E-state index contributed by atoms with van der Waals surface area (Å²) >= 11 is 0. The Morgan fingerprint density at radius 3 is 2.53 bits per heavy atom. The Kier molecular flexibility index (Phi) is 8.79. The molecule has 1 heteroatoms. The first kappa shape index (κ1) is 16.2. The fourth-order valence-electron chi connectivity index (χ4n) is 1.38. The zero-order chi connectivity index (χ0) is 13.3. The van der Waals surface area contributed by atoms with Crippen molar-refractivity contribution in [3.8, 4) is 0 Å². The van der Waals surface area contributed by atoms with Gasteiger partial charge in [-0.15, -0.1) is 0 Å². The van der Waals surface area contributed by atoms with Crippen LogP contribution in [0.25, 0.3) is 0 Å². The van der Waals surface area contributed by atoms with Gasteiger partial charge in [0, 0.05) is 6.61 Å². The first-order valence-corrected chi connectivity index (χ1v) is 6.63. The van der Waals surface area contributed by atoms with Gasteiger partial charge in [-0.3, -0.25) is 0 Å². The highest BCUT2D eigenvalue weighted by atomic mass is 16.3. The molecule has 0 saturated carbocycles. The van der Waals surface area contributed by atoms with E-state index in [-0.39, 0.29) is 6.61 Å². The molecule has 0 aromatic heterocycles. The standard InChI is InChI=1S/C16H28O/c1-6-13(2)8-7-9-14(3)10-11-15(4)16(5)12-17/h8,10-11,15-17H,3,6-7,9,12H2,1-2,4-5H3/b11-10+,13-8+/t15-,16+/m0/s1. The van der Waals surface area contributed by atoms with E-state index in [1.54, 1.807) is 0 Å². The van der Waals surface area contributed by atoms with Gasteiger partial charge in [0.15, 0.2) is 0 Å². The van der Waals surface area contributed by atoms with Crippen molar-refractivity contribution in [2.75, 3.05) is 6.61 Å². The number of rotatable bonds is 8. The first-order valence-electron chi connectivity index (χ1n) is 6.63. The average Bonchev–Trinajstić information content (AvgIpc) is 2.34. The van der Waals surface area contributed by atoms with E-state index in [0.717, 1.165) is 19.3 Å². The summed E-state index contributed by atoms with van der Waals surface area (Å²) in [7, 11) is 0. The Hall–Kier alpha value is -0.820. The minimum Gasteiger partial charge on any atom is -0.396 e. The summed E-state index contributed by atoms with van der Waals surface area (Å²) in [6.45, 7) is 12.8. The third-order valence-corrected chi connectivity index (χ3v) is 3.34. The van der Waals surface area contributed by atoms with Crippen LogP contribution in [0, 0.1) is 11.8 Å². The van der Waals surface area contributed by atoms with Crippen molar-refractivity contribution in [3.05, 3.63) is 36.0 Å². The molecule has 0 aromatic rings. The third-order valence-electron chi connectivity index (χ3n) is 3.34. The maximum atomic E-state index is 9.04. The Labute approximate surface area is 107 Å². The Balaban J connectivity index is 3.98. The first-order chi connectivity index (χ1) is 8.01. The molecule has 0 bridgehead atoms. The van der Waals surface area contributed by atoms with Crippen molar-refractivity contribution in [2.24, 2.45) is 11.8 Å². The second-order valence-electron chi connectivity index (χ2n) is 4.98. The molecule has 0 radical (unpaired) electrons. The fourth-order valence-corrected chi connectivity index (χ4v) is 1.38. The number of hydrogen-bond acceptors (Lipinski definition) is 1. The lowest BCUT2D eigenvalue weighted by Gasteiger charge is -2.12. The van der Waals surface area contributed by atoms with E-state index in [1.807, 2.05) is 0 Å². The fraction of sp³-hybridized carbons (Fsp3) is 0.625. The van der Waals surface area contributed by atoms with Gasteiger partial charge in [0.2, 0.25) is 0 Å². The lowest BCUT2D eigenvalue weighted by molar-refractivity contribution is 0.212. The van der Waals surface area contributed by atoms with Gasteiger partial charge in [-0.1, -0.05) is 56.7 Å². The molecular weight excluding hydrogens is 208 g/mol. The molecule has 0 unspecified atom stereocenters. The van der Waals surface area contributed by atoms with Gasteiger partial charge in [-0.25, -0.2) is 0 Å². The molecule has 0 fully saturated rings. The SMILES string of the molecule is C=C(/C=C/[C@H](C)[C@H](C)CO)CC/C=C(\C)CC. The summed E-state index contributed by atoms with van der Waals surface area (Å²) in [5.74, 6) is 0.728. The maximum absolute atomic E-state index is 9.04. The number of aliphatic hydroxyl groups is 1. The molecule has 0 aromatic carbocycles. The Morgan fingerprint density at radius 2 is 2.00 bits per heavy atom. The molecule has 0 aliphatic carbocycles. The maximum Gasteiger partial charge on any atom is 0.0462 e. The molecule has 1 N–H and O–H groups in total. The Bertz CT molecular complexity index is 273. The van der Waals surface area contributed by atoms with E-state index in [0.29, 0.717) is 11.8 Å². The molecule has 17 heavy (non-hydrogen) atoms. The van der Waals surface area contributed by atoms with Gasteiger partial charge in [-0.2, -0.15) is 0 Å². The van der Waals surface area contributed by atoms with Gasteiger partial charge >= 0.3 is 0 Å². The van der Waals surface area contributed by atoms with E-state index >= 15 is 0 Å². The van der Waals surface area contributed by atoms with Crippen LogP contribution in [0.1, 0.15) is 47.0 Å². The van der Waals surface area contributed by atoms with E-state index in [4.69, 9.17) is 5.11 Å². The molecule has 0 heterocycles. The largest absolute Gasteiger partial charge is 0.396 e. The van der Waals surface area contributed by atoms with Gasteiger partial charge in [0.1, 0.15) is 0 Å². The molecule has 0 aliphatic rings. The van der Waals surface area contributed by atoms with Crippen LogP contribution in [0.2, 0.25) is 0 Å². The van der Waals surface area contributed by atoms with Crippen molar-refractivity contribution in [3.63, 3.8) is 0 Å². The second kappa shape index (κ2) is 9.23. The summed E-state index contributed by atoms with van der Waals surface area (Å²) in [4.78, 5) is 0. The van der Waals surface area contributed by atoms with Crippen molar-refractivity contribution < 1.29 is 5.11 Å². The van der Waals surface area contributed by atoms with E-state index in [9.17, 15) is 0 Å².